The minimum Gasteiger partial charge on any atom is -0.338 e. The molecule has 0 bridgehead atoms. The summed E-state index contributed by atoms with van der Waals surface area (Å²) < 4.78 is 1.08. The number of piperidine rings is 1. The average molecular weight is 294 g/mol. The molecule has 1 aromatic heterocycles. The molecule has 0 aliphatic carbocycles. The predicted octanol–water partition coefficient (Wildman–Crippen LogP) is 4.43. The highest BCUT2D eigenvalue weighted by Crippen LogP contribution is 2.36. The van der Waals surface area contributed by atoms with Crippen LogP contribution in [0.1, 0.15) is 29.4 Å². The summed E-state index contributed by atoms with van der Waals surface area (Å²) >= 11 is 7.87. The molecule has 100 valence electrons. The van der Waals surface area contributed by atoms with Crippen LogP contribution in [-0.4, -0.2) is 23.9 Å². The van der Waals surface area contributed by atoms with Gasteiger partial charge in [0.15, 0.2) is 0 Å². The third-order valence-electron chi connectivity index (χ3n) is 3.67. The molecule has 0 unspecified atom stereocenters. The lowest BCUT2D eigenvalue weighted by atomic mass is 10.0. The maximum absolute atomic E-state index is 12.6. The van der Waals surface area contributed by atoms with Gasteiger partial charge in [-0.3, -0.25) is 4.79 Å². The quantitative estimate of drug-likeness (QED) is 0.762. The Morgan fingerprint density at radius 3 is 2.95 bits per heavy atom. The highest BCUT2D eigenvalue weighted by Gasteiger charge is 2.25. The van der Waals surface area contributed by atoms with Gasteiger partial charge < -0.3 is 4.90 Å². The van der Waals surface area contributed by atoms with Crippen molar-refractivity contribution in [3.8, 4) is 0 Å². The number of hydrogen-bond donors (Lipinski definition) is 0. The number of amides is 1. The van der Waals surface area contributed by atoms with E-state index >= 15 is 0 Å². The number of thiophene rings is 1. The van der Waals surface area contributed by atoms with Crippen molar-refractivity contribution in [1.82, 2.24) is 4.90 Å². The molecule has 1 aromatic carbocycles. The van der Waals surface area contributed by atoms with Crippen molar-refractivity contribution >= 4 is 38.9 Å². The van der Waals surface area contributed by atoms with Gasteiger partial charge in [-0.15, -0.1) is 11.3 Å². The highest BCUT2D eigenvalue weighted by molar-refractivity contribution is 7.21. The van der Waals surface area contributed by atoms with Crippen LogP contribution in [-0.2, 0) is 0 Å². The Labute approximate surface area is 122 Å². The second kappa shape index (κ2) is 5.14. The Morgan fingerprint density at radius 2 is 2.21 bits per heavy atom. The number of likely N-dealkylation sites (tertiary alicyclic amines) is 1. The summed E-state index contributed by atoms with van der Waals surface area (Å²) in [6.07, 6.45) is 2.30. The molecule has 1 amide bonds. The molecule has 2 heterocycles. The predicted molar refractivity (Wildman–Crippen MR) is 81.1 cm³/mol. The van der Waals surface area contributed by atoms with Crippen molar-refractivity contribution < 1.29 is 4.79 Å². The van der Waals surface area contributed by atoms with Crippen LogP contribution in [0.25, 0.3) is 10.1 Å². The molecule has 2 aromatic rings. The van der Waals surface area contributed by atoms with Gasteiger partial charge in [-0.2, -0.15) is 0 Å². The third-order valence-corrected chi connectivity index (χ3v) is 5.34. The Hall–Kier alpha value is -1.06. The Bertz CT molecular complexity index is 622. The van der Waals surface area contributed by atoms with Gasteiger partial charge in [0.05, 0.1) is 5.02 Å². The molecule has 1 saturated heterocycles. The lowest BCUT2D eigenvalue weighted by molar-refractivity contribution is 0.0688. The Balaban J connectivity index is 1.95. The number of rotatable bonds is 1. The first-order valence-corrected chi connectivity index (χ1v) is 7.82. The Kier molecular flexibility index (Phi) is 3.50. The van der Waals surface area contributed by atoms with Crippen LogP contribution in [0.3, 0.4) is 0 Å². The fourth-order valence-corrected chi connectivity index (χ4v) is 4.15. The van der Waals surface area contributed by atoms with E-state index in [4.69, 9.17) is 11.6 Å². The van der Waals surface area contributed by atoms with E-state index in [0.29, 0.717) is 15.8 Å². The second-order valence-corrected chi connectivity index (χ2v) is 6.67. The Morgan fingerprint density at radius 1 is 1.42 bits per heavy atom. The second-order valence-electron chi connectivity index (χ2n) is 5.24. The first-order chi connectivity index (χ1) is 9.16. The van der Waals surface area contributed by atoms with E-state index < -0.39 is 0 Å². The van der Waals surface area contributed by atoms with Gasteiger partial charge in [-0.1, -0.05) is 36.7 Å². The molecule has 1 fully saturated rings. The molecule has 1 atom stereocenters. The van der Waals surface area contributed by atoms with Gasteiger partial charge in [-0.25, -0.2) is 0 Å². The van der Waals surface area contributed by atoms with Crippen LogP contribution in [0.15, 0.2) is 24.3 Å². The van der Waals surface area contributed by atoms with E-state index in [0.717, 1.165) is 29.6 Å². The average Bonchev–Trinajstić information content (AvgIpc) is 2.76. The van der Waals surface area contributed by atoms with Crippen LogP contribution in [0.4, 0.5) is 0 Å². The molecule has 0 radical (unpaired) electrons. The van der Waals surface area contributed by atoms with Gasteiger partial charge in [0.25, 0.3) is 5.91 Å². The van der Waals surface area contributed by atoms with E-state index in [-0.39, 0.29) is 5.91 Å². The summed E-state index contributed by atoms with van der Waals surface area (Å²) in [4.78, 5) is 15.2. The third kappa shape index (κ3) is 2.37. The molecule has 2 nitrogen and oxygen atoms in total. The topological polar surface area (TPSA) is 20.3 Å². The number of halogens is 1. The van der Waals surface area contributed by atoms with Crippen molar-refractivity contribution in [3.05, 3.63) is 34.2 Å². The molecule has 3 rings (SSSR count). The normalized spacial score (nSPS) is 19.9. The largest absolute Gasteiger partial charge is 0.338 e. The molecule has 1 aliphatic rings. The molecular formula is C15H16ClNOS. The van der Waals surface area contributed by atoms with Gasteiger partial charge in [0, 0.05) is 23.2 Å². The fraction of sp³-hybridized carbons (Fsp3) is 0.400. The molecule has 19 heavy (non-hydrogen) atoms. The van der Waals surface area contributed by atoms with Crippen LogP contribution >= 0.6 is 22.9 Å². The molecule has 0 N–H and O–H groups in total. The van der Waals surface area contributed by atoms with Crippen molar-refractivity contribution in [2.75, 3.05) is 13.1 Å². The van der Waals surface area contributed by atoms with E-state index in [9.17, 15) is 4.79 Å². The van der Waals surface area contributed by atoms with Gasteiger partial charge in [0.2, 0.25) is 0 Å². The lowest BCUT2D eigenvalue weighted by Gasteiger charge is -2.30. The van der Waals surface area contributed by atoms with Crippen molar-refractivity contribution in [2.24, 2.45) is 5.92 Å². The number of carbonyl (C=O) groups excluding carboxylic acids is 1. The van der Waals surface area contributed by atoms with Gasteiger partial charge >= 0.3 is 0 Å². The molecule has 4 heteroatoms. The number of carbonyl (C=O) groups is 1. The van der Waals surface area contributed by atoms with Crippen LogP contribution < -0.4 is 0 Å². The molecular weight excluding hydrogens is 278 g/mol. The van der Waals surface area contributed by atoms with Gasteiger partial charge in [0.1, 0.15) is 4.88 Å². The minimum absolute atomic E-state index is 0.0951. The van der Waals surface area contributed by atoms with Gasteiger partial charge in [-0.05, 0) is 24.8 Å². The monoisotopic (exact) mass is 293 g/mol. The van der Waals surface area contributed by atoms with E-state index in [1.165, 1.54) is 17.8 Å². The summed E-state index contributed by atoms with van der Waals surface area (Å²) in [6.45, 7) is 3.91. The van der Waals surface area contributed by atoms with E-state index in [1.54, 1.807) is 0 Å². The van der Waals surface area contributed by atoms with Crippen LogP contribution in [0.2, 0.25) is 5.02 Å². The van der Waals surface area contributed by atoms with Crippen molar-refractivity contribution in [2.45, 2.75) is 19.8 Å². The van der Waals surface area contributed by atoms with E-state index in [1.807, 2.05) is 29.2 Å². The summed E-state index contributed by atoms with van der Waals surface area (Å²) in [5, 5.41) is 1.60. The zero-order chi connectivity index (χ0) is 13.4. The van der Waals surface area contributed by atoms with Crippen LogP contribution in [0.5, 0.6) is 0 Å². The summed E-state index contributed by atoms with van der Waals surface area (Å²) in [5.41, 5.74) is 0. The summed E-state index contributed by atoms with van der Waals surface area (Å²) in [7, 11) is 0. The fourth-order valence-electron chi connectivity index (χ4n) is 2.67. The summed E-state index contributed by atoms with van der Waals surface area (Å²) in [6, 6.07) is 7.93. The number of benzene rings is 1. The van der Waals surface area contributed by atoms with Crippen molar-refractivity contribution in [3.63, 3.8) is 0 Å². The maximum atomic E-state index is 12.6. The SMILES string of the molecule is C[C@H]1CCCN(C(=O)c2sc3ccccc3c2Cl)C1. The standard InChI is InChI=1S/C15H16ClNOS/c1-10-5-4-8-17(9-10)15(18)14-13(16)11-6-2-3-7-12(11)19-14/h2-3,6-7,10H,4-5,8-9H2,1H3/t10-/m0/s1. The lowest BCUT2D eigenvalue weighted by Crippen LogP contribution is -2.38. The number of hydrogen-bond acceptors (Lipinski definition) is 2. The smallest absolute Gasteiger partial charge is 0.265 e. The maximum Gasteiger partial charge on any atom is 0.265 e. The zero-order valence-corrected chi connectivity index (χ0v) is 12.4. The van der Waals surface area contributed by atoms with E-state index in [2.05, 4.69) is 6.92 Å². The minimum atomic E-state index is 0.0951. The first kappa shape index (κ1) is 12.9. The summed E-state index contributed by atoms with van der Waals surface area (Å²) in [5.74, 6) is 0.684. The van der Waals surface area contributed by atoms with Crippen LogP contribution in [0, 0.1) is 5.92 Å². The molecule has 0 spiro atoms. The number of nitrogens with zero attached hydrogens (tertiary/aromatic N) is 1. The molecule has 0 saturated carbocycles. The number of fused-ring (bicyclic) bond motifs is 1. The highest BCUT2D eigenvalue weighted by atomic mass is 35.5. The first-order valence-electron chi connectivity index (χ1n) is 6.63. The zero-order valence-electron chi connectivity index (χ0n) is 10.9. The molecule has 1 aliphatic heterocycles. The van der Waals surface area contributed by atoms with Crippen molar-refractivity contribution in [1.29, 1.82) is 0 Å².